The van der Waals surface area contributed by atoms with Gasteiger partial charge in [-0.25, -0.2) is 0 Å². The molecule has 0 saturated carbocycles. The van der Waals surface area contributed by atoms with Crippen molar-refractivity contribution in [3.63, 3.8) is 0 Å². The molecule has 0 spiro atoms. The number of aliphatic hydroxyl groups excluding tert-OH is 2. The molecule has 2 aromatic rings. The van der Waals surface area contributed by atoms with E-state index in [-0.39, 0.29) is 24.9 Å². The Labute approximate surface area is 129 Å². The van der Waals surface area contributed by atoms with Gasteiger partial charge in [-0.05, 0) is 18.6 Å². The smallest absolute Gasteiger partial charge is 0.224 e. The van der Waals surface area contributed by atoms with Crippen LogP contribution >= 0.6 is 0 Å². The molecule has 2 heterocycles. The van der Waals surface area contributed by atoms with E-state index in [2.05, 4.69) is 4.98 Å². The Bertz CT molecular complexity index is 674. The maximum absolute atomic E-state index is 11.8. The van der Waals surface area contributed by atoms with Crippen molar-refractivity contribution in [3.8, 4) is 0 Å². The van der Waals surface area contributed by atoms with E-state index in [0.717, 1.165) is 16.6 Å². The molecule has 116 valence electrons. The predicted octanol–water partition coefficient (Wildman–Crippen LogP) is 0.979. The van der Waals surface area contributed by atoms with Crippen molar-refractivity contribution in [1.29, 1.82) is 0 Å². The third-order valence-electron chi connectivity index (χ3n) is 4.21. The Balaban J connectivity index is 1.70. The minimum Gasteiger partial charge on any atom is -0.396 e. The standard InChI is InChI=1S/C17H20N2O3/c20-8-7-17(22)19-10-13(16(21)11-19)9-14-6-5-12-3-1-2-4-15(12)18-14/h1-6,13,16,20-21H,7-11H2/t13-,16-/m1/s1. The molecule has 1 amide bonds. The summed E-state index contributed by atoms with van der Waals surface area (Å²) in [6.45, 7) is 0.716. The lowest BCUT2D eigenvalue weighted by Gasteiger charge is -2.15. The topological polar surface area (TPSA) is 73.7 Å². The highest BCUT2D eigenvalue weighted by Crippen LogP contribution is 2.22. The zero-order valence-corrected chi connectivity index (χ0v) is 12.4. The van der Waals surface area contributed by atoms with Crippen LogP contribution in [0, 0.1) is 5.92 Å². The number of benzene rings is 1. The maximum Gasteiger partial charge on any atom is 0.224 e. The number of likely N-dealkylation sites (tertiary alicyclic amines) is 1. The van der Waals surface area contributed by atoms with Gasteiger partial charge in [-0.3, -0.25) is 9.78 Å². The van der Waals surface area contributed by atoms with E-state index < -0.39 is 6.10 Å². The number of amides is 1. The monoisotopic (exact) mass is 300 g/mol. The number of hydrogen-bond donors (Lipinski definition) is 2. The fraction of sp³-hybridized carbons (Fsp3) is 0.412. The van der Waals surface area contributed by atoms with E-state index in [9.17, 15) is 9.90 Å². The van der Waals surface area contributed by atoms with Crippen molar-refractivity contribution < 1.29 is 15.0 Å². The van der Waals surface area contributed by atoms with E-state index in [1.807, 2.05) is 36.4 Å². The van der Waals surface area contributed by atoms with E-state index in [1.165, 1.54) is 0 Å². The molecule has 3 rings (SSSR count). The lowest BCUT2D eigenvalue weighted by Crippen LogP contribution is -2.30. The fourth-order valence-corrected chi connectivity index (χ4v) is 3.00. The highest BCUT2D eigenvalue weighted by atomic mass is 16.3. The number of nitrogens with zero attached hydrogens (tertiary/aromatic N) is 2. The first kappa shape index (κ1) is 14.9. The van der Waals surface area contributed by atoms with Crippen LogP contribution in [0.5, 0.6) is 0 Å². The minimum absolute atomic E-state index is 0.00342. The normalized spacial score (nSPS) is 21.5. The van der Waals surface area contributed by atoms with Gasteiger partial charge in [-0.2, -0.15) is 0 Å². The summed E-state index contributed by atoms with van der Waals surface area (Å²) in [5.41, 5.74) is 1.87. The molecule has 5 nitrogen and oxygen atoms in total. The van der Waals surface area contributed by atoms with Crippen LogP contribution in [0.4, 0.5) is 0 Å². The van der Waals surface area contributed by atoms with Crippen molar-refractivity contribution in [2.45, 2.75) is 18.9 Å². The number of carbonyl (C=O) groups excluding carboxylic acids is 1. The highest BCUT2D eigenvalue weighted by molar-refractivity contribution is 5.78. The zero-order chi connectivity index (χ0) is 15.5. The molecule has 1 saturated heterocycles. The van der Waals surface area contributed by atoms with Gasteiger partial charge in [0.25, 0.3) is 0 Å². The summed E-state index contributed by atoms with van der Waals surface area (Å²) < 4.78 is 0. The van der Waals surface area contributed by atoms with Crippen LogP contribution in [-0.2, 0) is 11.2 Å². The SMILES string of the molecule is O=C(CCO)N1C[C@@H](Cc2ccc3ccccc3n2)[C@H](O)C1. The molecule has 1 aromatic heterocycles. The Morgan fingerprint density at radius 3 is 2.86 bits per heavy atom. The Hall–Kier alpha value is -1.98. The molecule has 2 atom stereocenters. The molecule has 0 unspecified atom stereocenters. The number of β-amino-alcohol motifs (C(OH)–C–C–N with tert-alkyl or cyclic N) is 1. The highest BCUT2D eigenvalue weighted by Gasteiger charge is 2.33. The van der Waals surface area contributed by atoms with Gasteiger partial charge in [-0.15, -0.1) is 0 Å². The molecule has 0 aliphatic carbocycles. The summed E-state index contributed by atoms with van der Waals surface area (Å²) >= 11 is 0. The van der Waals surface area contributed by atoms with Crippen LogP contribution in [0.3, 0.4) is 0 Å². The van der Waals surface area contributed by atoms with Crippen LogP contribution in [0.15, 0.2) is 36.4 Å². The van der Waals surface area contributed by atoms with Crippen LogP contribution in [0.25, 0.3) is 10.9 Å². The van der Waals surface area contributed by atoms with Crippen LogP contribution in [0.1, 0.15) is 12.1 Å². The summed E-state index contributed by atoms with van der Waals surface area (Å²) in [5, 5.41) is 20.1. The van der Waals surface area contributed by atoms with E-state index in [1.54, 1.807) is 4.90 Å². The van der Waals surface area contributed by atoms with Crippen molar-refractivity contribution in [3.05, 3.63) is 42.1 Å². The quantitative estimate of drug-likeness (QED) is 0.883. The molecule has 0 bridgehead atoms. The van der Waals surface area contributed by atoms with Crippen LogP contribution < -0.4 is 0 Å². The van der Waals surface area contributed by atoms with E-state index in [4.69, 9.17) is 5.11 Å². The molecule has 1 aliphatic rings. The number of fused-ring (bicyclic) bond motifs is 1. The summed E-state index contributed by atoms with van der Waals surface area (Å²) in [7, 11) is 0. The number of carbonyl (C=O) groups is 1. The first-order chi connectivity index (χ1) is 10.7. The number of aromatic nitrogens is 1. The first-order valence-corrected chi connectivity index (χ1v) is 7.59. The van der Waals surface area contributed by atoms with Gasteiger partial charge < -0.3 is 15.1 Å². The Kier molecular flexibility index (Phi) is 4.36. The van der Waals surface area contributed by atoms with Crippen molar-refractivity contribution in [1.82, 2.24) is 9.88 Å². The molecule has 5 heteroatoms. The molecule has 2 N–H and O–H groups in total. The van der Waals surface area contributed by atoms with Crippen molar-refractivity contribution in [2.75, 3.05) is 19.7 Å². The summed E-state index contributed by atoms with van der Waals surface area (Å²) in [5.74, 6) is -0.105. The molecular formula is C17H20N2O3. The van der Waals surface area contributed by atoms with Gasteiger partial charge in [0.05, 0.1) is 18.2 Å². The second kappa shape index (κ2) is 6.42. The first-order valence-electron chi connectivity index (χ1n) is 7.59. The lowest BCUT2D eigenvalue weighted by atomic mass is 9.99. The van der Waals surface area contributed by atoms with E-state index >= 15 is 0 Å². The number of pyridine rings is 1. The van der Waals surface area contributed by atoms with E-state index in [0.29, 0.717) is 19.5 Å². The van der Waals surface area contributed by atoms with Crippen molar-refractivity contribution in [2.24, 2.45) is 5.92 Å². The largest absolute Gasteiger partial charge is 0.396 e. The predicted molar refractivity (Wildman–Crippen MR) is 83.2 cm³/mol. The number of para-hydroxylation sites is 1. The average molecular weight is 300 g/mol. The van der Waals surface area contributed by atoms with Crippen LogP contribution in [-0.4, -0.2) is 51.8 Å². The average Bonchev–Trinajstić information content (AvgIpc) is 2.89. The Morgan fingerprint density at radius 1 is 1.23 bits per heavy atom. The molecule has 1 aliphatic heterocycles. The fourth-order valence-electron chi connectivity index (χ4n) is 3.00. The third-order valence-corrected chi connectivity index (χ3v) is 4.21. The maximum atomic E-state index is 11.8. The number of aliphatic hydroxyl groups is 2. The van der Waals surface area contributed by atoms with Gasteiger partial charge in [0.1, 0.15) is 0 Å². The van der Waals surface area contributed by atoms with Gasteiger partial charge in [0.2, 0.25) is 5.91 Å². The summed E-state index contributed by atoms with van der Waals surface area (Å²) in [6, 6.07) is 11.9. The molecule has 1 aromatic carbocycles. The summed E-state index contributed by atoms with van der Waals surface area (Å²) in [4.78, 5) is 18.1. The Morgan fingerprint density at radius 2 is 2.05 bits per heavy atom. The van der Waals surface area contributed by atoms with Crippen molar-refractivity contribution >= 4 is 16.8 Å². The minimum atomic E-state index is -0.532. The second-order valence-electron chi connectivity index (χ2n) is 5.80. The van der Waals surface area contributed by atoms with Gasteiger partial charge in [0.15, 0.2) is 0 Å². The zero-order valence-electron chi connectivity index (χ0n) is 12.4. The number of hydrogen-bond acceptors (Lipinski definition) is 4. The second-order valence-corrected chi connectivity index (χ2v) is 5.80. The molecule has 1 fully saturated rings. The lowest BCUT2D eigenvalue weighted by molar-refractivity contribution is -0.131. The molecular weight excluding hydrogens is 280 g/mol. The van der Waals surface area contributed by atoms with Gasteiger partial charge in [-0.1, -0.05) is 24.3 Å². The van der Waals surface area contributed by atoms with Gasteiger partial charge >= 0.3 is 0 Å². The number of rotatable bonds is 4. The summed E-state index contributed by atoms with van der Waals surface area (Å²) in [6.07, 6.45) is 0.235. The third kappa shape index (κ3) is 3.10. The van der Waals surface area contributed by atoms with Crippen LogP contribution in [0.2, 0.25) is 0 Å². The van der Waals surface area contributed by atoms with Gasteiger partial charge in [0, 0.05) is 36.5 Å². The molecule has 22 heavy (non-hydrogen) atoms. The molecule has 0 radical (unpaired) electrons.